The normalized spacial score (nSPS) is 24.5. The molecule has 2 saturated carbocycles. The molecule has 0 unspecified atom stereocenters. The van der Waals surface area contributed by atoms with Gasteiger partial charge in [0.25, 0.3) is 0 Å². The number of hydrogen-bond acceptors (Lipinski definition) is 25. The monoisotopic (exact) mass is 2070 g/mol. The van der Waals surface area contributed by atoms with E-state index in [1.165, 1.54) is 51.4 Å². The van der Waals surface area contributed by atoms with Crippen LogP contribution >= 0.6 is 89.9 Å². The van der Waals surface area contributed by atoms with Crippen LogP contribution in [0.25, 0.3) is 0 Å². The van der Waals surface area contributed by atoms with E-state index >= 15 is 0 Å². The van der Waals surface area contributed by atoms with Crippen LogP contribution in [0.4, 0.5) is 47.1 Å². The van der Waals surface area contributed by atoms with E-state index in [1.807, 2.05) is 110 Å². The molecular weight excluding hydrogens is 1940 g/mol. The lowest BCUT2D eigenvalue weighted by Gasteiger charge is -2.52. The van der Waals surface area contributed by atoms with Crippen LogP contribution in [-0.2, 0) is 9.59 Å². The summed E-state index contributed by atoms with van der Waals surface area (Å²) in [6.45, 7) is 38.5. The topological polar surface area (TPSA) is 316 Å². The quantitative estimate of drug-likeness (QED) is 0.0226. The van der Waals surface area contributed by atoms with Crippen molar-refractivity contribution in [3.05, 3.63) is 182 Å². The number of aromatic nitrogens is 8. The Balaban J connectivity index is 0.000000137. The second-order valence-corrected chi connectivity index (χ2v) is 44.1. The third-order valence-corrected chi connectivity index (χ3v) is 32.9. The number of aliphatic hydroxyl groups is 2. The summed E-state index contributed by atoms with van der Waals surface area (Å²) >= 11 is 39.4. The van der Waals surface area contributed by atoms with Crippen molar-refractivity contribution in [1.82, 2.24) is 59.5 Å². The molecule has 12 heterocycles. The maximum absolute atomic E-state index is 11.5. The highest BCUT2D eigenvalue weighted by molar-refractivity contribution is 9.11. The van der Waals surface area contributed by atoms with Crippen molar-refractivity contribution in [1.29, 1.82) is 5.26 Å². The molecule has 27 nitrogen and oxygen atoms in total. The third kappa shape index (κ3) is 24.8. The zero-order valence-corrected chi connectivity index (χ0v) is 86.3. The van der Waals surface area contributed by atoms with Crippen molar-refractivity contribution >= 4 is 149 Å². The van der Waals surface area contributed by atoms with E-state index in [-0.39, 0.29) is 37.4 Å². The van der Waals surface area contributed by atoms with E-state index < -0.39 is 22.8 Å². The lowest BCUT2D eigenvalue weighted by molar-refractivity contribution is -0.159. The molecule has 10 fully saturated rings. The molecule has 726 valence electrons. The van der Waals surface area contributed by atoms with Crippen LogP contribution in [0.3, 0.4) is 0 Å². The molecule has 8 N–H and O–H groups in total. The number of halogens is 7. The van der Waals surface area contributed by atoms with Crippen LogP contribution in [0.5, 0.6) is 0 Å². The molecule has 4 aromatic heterocycles. The van der Waals surface area contributed by atoms with Gasteiger partial charge in [-0.2, -0.15) is 25.2 Å². The van der Waals surface area contributed by atoms with Gasteiger partial charge < -0.3 is 80.9 Å². The average Bonchev–Trinajstić information content (AvgIpc) is 0.766. The van der Waals surface area contributed by atoms with Gasteiger partial charge in [-0.25, -0.2) is 19.9 Å². The molecule has 135 heavy (non-hydrogen) atoms. The van der Waals surface area contributed by atoms with Crippen molar-refractivity contribution < 1.29 is 30.0 Å². The van der Waals surface area contributed by atoms with Crippen molar-refractivity contribution in [2.75, 3.05) is 172 Å². The number of benzene rings is 4. The summed E-state index contributed by atoms with van der Waals surface area (Å²) in [6.07, 6.45) is 19.8. The molecule has 4 aromatic carbocycles. The Kier molecular flexibility index (Phi) is 34.0. The molecule has 0 spiro atoms. The van der Waals surface area contributed by atoms with Gasteiger partial charge in [0.1, 0.15) is 34.1 Å². The largest absolute Gasteiger partial charge is 0.481 e. The maximum Gasteiger partial charge on any atom is 0.309 e. The van der Waals surface area contributed by atoms with E-state index in [9.17, 15) is 35.3 Å². The number of carboxylic acids is 2. The summed E-state index contributed by atoms with van der Waals surface area (Å²) < 4.78 is 1.67. The Morgan fingerprint density at radius 2 is 0.704 bits per heavy atom. The molecule has 34 heteroatoms. The van der Waals surface area contributed by atoms with Crippen molar-refractivity contribution in [2.24, 2.45) is 58.2 Å². The summed E-state index contributed by atoms with van der Waals surface area (Å²) in [6, 6.07) is 27.2. The van der Waals surface area contributed by atoms with E-state index in [2.05, 4.69) is 163 Å². The third-order valence-electron chi connectivity index (χ3n) is 30.1. The Morgan fingerprint density at radius 1 is 0.415 bits per heavy atom. The minimum Gasteiger partial charge on any atom is -0.481 e. The Morgan fingerprint density at radius 3 is 1.02 bits per heavy atom. The number of hydrogen-bond donors (Lipinski definition) is 8. The van der Waals surface area contributed by atoms with Crippen molar-refractivity contribution in [3.8, 4) is 6.07 Å². The second kappa shape index (κ2) is 45.2. The van der Waals surface area contributed by atoms with Gasteiger partial charge in [0, 0.05) is 136 Å². The number of piperidine rings is 4. The average molecular weight is 2070 g/mol. The minimum absolute atomic E-state index is 0.00370. The standard InChI is InChI=1S/C27H35BrClN5O2.C27H35Cl2N5O2.C24H31ClN6O.C23H31BrClN5O/c1-16-6-7-21(23(29)9-16)17(2)31-24-22(28)12-30-26(32-24)34-14-19(15-34)18-5-4-8-33(13-18)20-10-27(3,11-20)25(35)36;1-16-6-7-21(22(28)9-16)17(2)31-24-23(29)12-30-26(32-24)34-14-19(15-34)18-5-4-8-33(13-18)20-10-27(3,11-20)25(35)36;1-16-5-6-21(22(25)10-16)17(2)28-23-19(11-26)12-27-24(29-23)31-14-20(15-31)18-4-3-7-30(13-18)8-9-32;1-15-5-6-19(21(25)10-15)16(2)27-22-20(24)11-26-23(28-22)30-13-18(14-30)17-4-3-7-29(12-17)8-9-31/h2*6-7,9,12,17-20H,4-5,8,10-11,13-15H2,1-3H3,(H,35,36)(H,30,31,32);5-6,10,12,17-18,20,32H,3-4,7-9,13-15H2,1-2H3,(H,27,28,29);5-6,10-11,16-18,31H,3-4,7-9,12-14H2,1-2H3,(H,26,27,28)/t2*17-,18+,20?,27?;17-,18+;16-,17+/m1111/s1. The fourth-order valence-corrected chi connectivity index (χ4v) is 23.8. The van der Waals surface area contributed by atoms with E-state index in [4.69, 9.17) is 77.9 Å². The number of anilines is 8. The molecule has 8 saturated heterocycles. The molecule has 10 aliphatic rings. The van der Waals surface area contributed by atoms with E-state index in [1.54, 1.807) is 12.4 Å². The van der Waals surface area contributed by atoms with Crippen LogP contribution < -0.4 is 40.9 Å². The number of β-amino-alcohol motifs (C(OH)–C–C–N with tert-alkyl or cyclic N) is 2. The summed E-state index contributed by atoms with van der Waals surface area (Å²) in [7, 11) is 0. The summed E-state index contributed by atoms with van der Waals surface area (Å²) in [5.74, 6) is 9.47. The van der Waals surface area contributed by atoms with E-state index in [0.717, 1.165) is 236 Å². The lowest BCUT2D eigenvalue weighted by atomic mass is 9.65. The van der Waals surface area contributed by atoms with Crippen LogP contribution in [0.1, 0.15) is 193 Å². The van der Waals surface area contributed by atoms with Gasteiger partial charge in [-0.15, -0.1) is 0 Å². The van der Waals surface area contributed by atoms with Gasteiger partial charge in [-0.1, -0.05) is 107 Å². The first-order valence-electron chi connectivity index (χ1n) is 48.2. The minimum atomic E-state index is -0.657. The highest BCUT2D eigenvalue weighted by Crippen LogP contribution is 2.49. The van der Waals surface area contributed by atoms with Crippen molar-refractivity contribution in [2.45, 2.75) is 183 Å². The number of nitriles is 1. The number of aliphatic carboxylic acids is 2. The fraction of sp³-hybridized carbons (Fsp3) is 0.574. The molecule has 18 rings (SSSR count). The van der Waals surface area contributed by atoms with Gasteiger partial charge in [-0.3, -0.25) is 9.59 Å². The predicted molar refractivity (Wildman–Crippen MR) is 548 cm³/mol. The Hall–Kier alpha value is -7.80. The number of rotatable bonds is 28. The van der Waals surface area contributed by atoms with Crippen LogP contribution in [0.2, 0.25) is 25.1 Å². The predicted octanol–water partition coefficient (Wildman–Crippen LogP) is 19.6. The first-order valence-corrected chi connectivity index (χ1v) is 51.7. The summed E-state index contributed by atoms with van der Waals surface area (Å²) in [4.78, 5) is 78.9. The Bertz CT molecular complexity index is 5300. The fourth-order valence-electron chi connectivity index (χ4n) is 21.5. The molecule has 0 radical (unpaired) electrons. The molecule has 0 amide bonds. The van der Waals surface area contributed by atoms with Crippen LogP contribution in [-0.4, -0.2) is 235 Å². The zero-order chi connectivity index (χ0) is 95.8. The molecule has 8 atom stereocenters. The zero-order valence-electron chi connectivity index (χ0n) is 79.3. The number of nitrogens with one attached hydrogen (secondary N) is 4. The van der Waals surface area contributed by atoms with Crippen LogP contribution in [0.15, 0.2) is 107 Å². The molecule has 8 aliphatic heterocycles. The lowest BCUT2D eigenvalue weighted by Crippen LogP contribution is -2.58. The molecule has 8 aromatic rings. The number of carbonyl (C=O) groups is 2. The van der Waals surface area contributed by atoms with Gasteiger partial charge >= 0.3 is 11.9 Å². The van der Waals surface area contributed by atoms with Gasteiger partial charge in [0.05, 0.1) is 69.6 Å². The maximum atomic E-state index is 11.5. The first-order chi connectivity index (χ1) is 64.7. The number of aliphatic hydroxyl groups excluding tert-OH is 2. The summed E-state index contributed by atoms with van der Waals surface area (Å²) in [5.41, 5.74) is 7.93. The van der Waals surface area contributed by atoms with Gasteiger partial charge in [0.15, 0.2) is 5.82 Å². The number of aryl methyl sites for hydroxylation is 4. The highest BCUT2D eigenvalue weighted by atomic mass is 79.9. The van der Waals surface area contributed by atoms with Crippen LogP contribution in [0, 0.1) is 97.2 Å². The van der Waals surface area contributed by atoms with Gasteiger partial charge in [0.2, 0.25) is 23.8 Å². The number of nitrogens with zero attached hydrogens (tertiary/aromatic N) is 17. The van der Waals surface area contributed by atoms with Gasteiger partial charge in [-0.05, 0) is 320 Å². The van der Waals surface area contributed by atoms with Crippen molar-refractivity contribution in [3.63, 3.8) is 0 Å². The first kappa shape index (κ1) is 102. The second-order valence-electron chi connectivity index (χ2n) is 40.4. The molecule has 2 aliphatic carbocycles. The highest BCUT2D eigenvalue weighted by Gasteiger charge is 2.52. The number of likely N-dealkylation sites (tertiary alicyclic amines) is 4. The Labute approximate surface area is 837 Å². The molecule has 0 bridgehead atoms. The smallest absolute Gasteiger partial charge is 0.309 e. The number of carboxylic acid groups (broad SMARTS) is 2. The molecular formula is C101H132Br2Cl5N21O6. The summed E-state index contributed by atoms with van der Waals surface area (Å²) in [5, 5.41) is 64.1. The van der Waals surface area contributed by atoms with E-state index in [0.29, 0.717) is 98.6 Å². The SMILES string of the molecule is Cc1ccc([C@@H](C)Nc2nc(N3CC([C@H]4CCCN(C5CC(C)(C(=O)O)C5)C4)C3)ncc2Br)c(Cl)c1.Cc1ccc([C@@H](C)Nc2nc(N3CC([C@H]4CCCN(C5CC(C)(C(=O)O)C5)C4)C3)ncc2Cl)c(Cl)c1.Cc1ccc([C@@H](C)Nc2nc(N3CC([C@H]4CCCN(CCO)C4)C3)ncc2Br)c(Cl)c1.Cc1ccc([C@@H](C)Nc2nc(N3CC([C@H]4CCCN(CCO)C4)C3)ncc2C#N)c(Cl)c1.